The van der Waals surface area contributed by atoms with E-state index in [2.05, 4.69) is 4.98 Å². The summed E-state index contributed by atoms with van der Waals surface area (Å²) in [5.74, 6) is -0.126. The van der Waals surface area contributed by atoms with Crippen molar-refractivity contribution in [2.45, 2.75) is 49.4 Å². The number of benzene rings is 1. The first-order chi connectivity index (χ1) is 13.5. The van der Waals surface area contributed by atoms with Crippen molar-refractivity contribution in [3.05, 3.63) is 59.9 Å². The molecule has 2 aliphatic heterocycles. The Balaban J connectivity index is 1.72. The SMILES string of the molecule is CC1(C)OB(C2(Cl)CN(S(=O)(=O)Cc3ccccc3)c3cnccc32)OC1(C)C. The van der Waals surface area contributed by atoms with E-state index in [-0.39, 0.29) is 12.3 Å². The van der Waals surface area contributed by atoms with Crippen molar-refractivity contribution < 1.29 is 17.7 Å². The lowest BCUT2D eigenvalue weighted by Crippen LogP contribution is -2.46. The van der Waals surface area contributed by atoms with E-state index in [1.807, 2.05) is 45.9 Å². The summed E-state index contributed by atoms with van der Waals surface area (Å²) in [6, 6.07) is 10.8. The molecule has 0 N–H and O–H groups in total. The Kier molecular flexibility index (Phi) is 4.77. The molecule has 1 saturated heterocycles. The van der Waals surface area contributed by atoms with Crippen LogP contribution in [0, 0.1) is 0 Å². The summed E-state index contributed by atoms with van der Waals surface area (Å²) in [5.41, 5.74) is 0.657. The number of alkyl halides is 1. The average molecular weight is 435 g/mol. The highest BCUT2D eigenvalue weighted by Crippen LogP contribution is 2.51. The van der Waals surface area contributed by atoms with Gasteiger partial charge >= 0.3 is 7.12 Å². The fourth-order valence-corrected chi connectivity index (χ4v) is 5.71. The first-order valence-electron chi connectivity index (χ1n) is 9.50. The van der Waals surface area contributed by atoms with Crippen LogP contribution in [0.5, 0.6) is 0 Å². The number of pyridine rings is 1. The number of nitrogens with zero attached hydrogens (tertiary/aromatic N) is 2. The van der Waals surface area contributed by atoms with E-state index in [4.69, 9.17) is 20.9 Å². The van der Waals surface area contributed by atoms with Gasteiger partial charge in [0.25, 0.3) is 0 Å². The zero-order valence-electron chi connectivity index (χ0n) is 16.9. The van der Waals surface area contributed by atoms with E-state index in [0.717, 1.165) is 0 Å². The molecule has 4 rings (SSSR count). The molecule has 1 fully saturated rings. The number of anilines is 1. The number of hydrogen-bond donors (Lipinski definition) is 0. The zero-order valence-corrected chi connectivity index (χ0v) is 18.5. The lowest BCUT2D eigenvalue weighted by Gasteiger charge is -2.32. The Hall–Kier alpha value is -1.61. The Morgan fingerprint density at radius 3 is 2.34 bits per heavy atom. The lowest BCUT2D eigenvalue weighted by molar-refractivity contribution is 0.00578. The second-order valence-corrected chi connectivity index (χ2v) is 11.2. The summed E-state index contributed by atoms with van der Waals surface area (Å²) in [6.45, 7) is 7.79. The molecule has 0 amide bonds. The minimum absolute atomic E-state index is 0.0155. The van der Waals surface area contributed by atoms with E-state index in [9.17, 15) is 8.42 Å². The van der Waals surface area contributed by atoms with Gasteiger partial charge < -0.3 is 9.31 Å². The first kappa shape index (κ1) is 20.7. The Labute approximate surface area is 177 Å². The van der Waals surface area contributed by atoms with Crippen LogP contribution in [0.15, 0.2) is 48.8 Å². The third-order valence-corrected chi connectivity index (χ3v) is 8.24. The Morgan fingerprint density at radius 1 is 1.10 bits per heavy atom. The van der Waals surface area contributed by atoms with Crippen LogP contribution in [-0.4, -0.2) is 38.3 Å². The summed E-state index contributed by atoms with van der Waals surface area (Å²) in [4.78, 5) is 4.13. The molecule has 1 atom stereocenters. The van der Waals surface area contributed by atoms with Gasteiger partial charge in [-0.2, -0.15) is 0 Å². The second kappa shape index (κ2) is 6.70. The zero-order chi connectivity index (χ0) is 21.1. The van der Waals surface area contributed by atoms with Crippen molar-refractivity contribution in [2.24, 2.45) is 0 Å². The molecular weight excluding hydrogens is 411 g/mol. The van der Waals surface area contributed by atoms with E-state index < -0.39 is 33.1 Å². The van der Waals surface area contributed by atoms with Gasteiger partial charge in [-0.1, -0.05) is 30.3 Å². The van der Waals surface area contributed by atoms with Gasteiger partial charge in [-0.3, -0.25) is 9.29 Å². The summed E-state index contributed by atoms with van der Waals surface area (Å²) in [5, 5.41) is 0. The van der Waals surface area contributed by atoms with Crippen LogP contribution < -0.4 is 4.31 Å². The first-order valence-corrected chi connectivity index (χ1v) is 11.5. The fourth-order valence-electron chi connectivity index (χ4n) is 3.66. The molecule has 1 unspecified atom stereocenters. The van der Waals surface area contributed by atoms with Crippen LogP contribution >= 0.6 is 11.6 Å². The third-order valence-electron chi connectivity index (χ3n) is 6.04. The van der Waals surface area contributed by atoms with Crippen molar-refractivity contribution in [3.8, 4) is 0 Å². The highest BCUT2D eigenvalue weighted by atomic mass is 35.5. The van der Waals surface area contributed by atoms with Crippen molar-refractivity contribution >= 4 is 34.4 Å². The highest BCUT2D eigenvalue weighted by molar-refractivity contribution is 7.92. The number of halogens is 1. The molecule has 1 aromatic heterocycles. The van der Waals surface area contributed by atoms with Crippen LogP contribution in [0.4, 0.5) is 5.69 Å². The van der Waals surface area contributed by atoms with Gasteiger partial charge in [0, 0.05) is 11.8 Å². The van der Waals surface area contributed by atoms with Gasteiger partial charge in [0.05, 0.1) is 35.4 Å². The second-order valence-electron chi connectivity index (χ2n) is 8.59. The van der Waals surface area contributed by atoms with Crippen molar-refractivity contribution in [1.82, 2.24) is 4.98 Å². The fraction of sp³-hybridized carbons (Fsp3) is 0.450. The van der Waals surface area contributed by atoms with Gasteiger partial charge in [-0.05, 0) is 39.3 Å². The molecule has 2 aromatic rings. The molecule has 2 aliphatic rings. The monoisotopic (exact) mass is 434 g/mol. The Morgan fingerprint density at radius 2 is 1.72 bits per heavy atom. The highest BCUT2D eigenvalue weighted by Gasteiger charge is 2.63. The molecule has 1 aromatic carbocycles. The lowest BCUT2D eigenvalue weighted by atomic mass is 9.68. The largest absolute Gasteiger partial charge is 0.487 e. The molecular formula is C20H24BClN2O4S. The van der Waals surface area contributed by atoms with E-state index >= 15 is 0 Å². The van der Waals surface area contributed by atoms with Gasteiger partial charge in [0.2, 0.25) is 10.0 Å². The van der Waals surface area contributed by atoms with Crippen LogP contribution in [0.25, 0.3) is 0 Å². The maximum atomic E-state index is 13.3. The number of sulfonamides is 1. The van der Waals surface area contributed by atoms with Gasteiger partial charge in [-0.15, -0.1) is 11.6 Å². The molecule has 154 valence electrons. The predicted molar refractivity (Wildman–Crippen MR) is 114 cm³/mol. The Bertz CT molecular complexity index is 1020. The number of rotatable bonds is 4. The summed E-state index contributed by atoms with van der Waals surface area (Å²) >= 11 is 7.08. The van der Waals surface area contributed by atoms with Crippen molar-refractivity contribution in [1.29, 1.82) is 0 Å². The van der Waals surface area contributed by atoms with Crippen LogP contribution in [0.2, 0.25) is 0 Å². The molecule has 9 heteroatoms. The minimum Gasteiger partial charge on any atom is -0.402 e. The van der Waals surface area contributed by atoms with E-state index in [1.165, 1.54) is 10.5 Å². The average Bonchev–Trinajstić information content (AvgIpc) is 3.08. The summed E-state index contributed by atoms with van der Waals surface area (Å²) in [7, 11) is -4.49. The quantitative estimate of drug-likeness (QED) is 0.544. The number of fused-ring (bicyclic) bond motifs is 1. The van der Waals surface area contributed by atoms with E-state index in [1.54, 1.807) is 24.4 Å². The normalized spacial score (nSPS) is 25.3. The van der Waals surface area contributed by atoms with Gasteiger partial charge in [0.15, 0.2) is 0 Å². The van der Waals surface area contributed by atoms with Crippen LogP contribution in [0.3, 0.4) is 0 Å². The van der Waals surface area contributed by atoms with Crippen LogP contribution in [-0.2, 0) is 29.9 Å². The maximum absolute atomic E-state index is 13.3. The standard InChI is InChI=1S/C20H24BClN2O4S/c1-18(2)19(3,4)28-21(27-18)20(22)14-24(17-12-23-11-10-16(17)20)29(25,26)13-15-8-6-5-7-9-15/h5-12H,13-14H2,1-4H3. The van der Waals surface area contributed by atoms with Crippen molar-refractivity contribution in [3.63, 3.8) is 0 Å². The topological polar surface area (TPSA) is 68.7 Å². The minimum atomic E-state index is -3.69. The number of aromatic nitrogens is 1. The van der Waals surface area contributed by atoms with Gasteiger partial charge in [0.1, 0.15) is 4.77 Å². The summed E-state index contributed by atoms with van der Waals surface area (Å²) in [6.07, 6.45) is 3.14. The van der Waals surface area contributed by atoms with E-state index in [0.29, 0.717) is 16.8 Å². The third kappa shape index (κ3) is 3.36. The summed E-state index contributed by atoms with van der Waals surface area (Å²) < 4.78 is 39.1. The predicted octanol–water partition coefficient (Wildman–Crippen LogP) is 3.50. The molecule has 0 aliphatic carbocycles. The molecule has 0 spiro atoms. The molecule has 6 nitrogen and oxygen atoms in total. The molecule has 3 heterocycles. The smallest absolute Gasteiger partial charge is 0.402 e. The molecule has 0 saturated carbocycles. The number of hydrogen-bond acceptors (Lipinski definition) is 5. The van der Waals surface area contributed by atoms with Crippen LogP contribution in [0.1, 0.15) is 38.8 Å². The molecule has 0 bridgehead atoms. The maximum Gasteiger partial charge on any atom is 0.487 e. The molecule has 0 radical (unpaired) electrons. The van der Waals surface area contributed by atoms with Gasteiger partial charge in [-0.25, -0.2) is 8.42 Å². The molecule has 29 heavy (non-hydrogen) atoms. The van der Waals surface area contributed by atoms with Crippen molar-refractivity contribution in [2.75, 3.05) is 10.8 Å².